The molecule has 0 saturated heterocycles. The van der Waals surface area contributed by atoms with Crippen LogP contribution in [0.25, 0.3) is 132 Å². The Morgan fingerprint density at radius 1 is 0.212 bits per heavy atom. The maximum Gasteiger partial charge on any atom is 0.137 e. The first-order valence-corrected chi connectivity index (χ1v) is 34.4. The zero-order chi connectivity index (χ0) is 66.2. The molecule has 0 saturated carbocycles. The minimum Gasteiger partial charge on any atom is -0.456 e. The van der Waals surface area contributed by atoms with Crippen molar-refractivity contribution in [3.63, 3.8) is 0 Å². The third-order valence-electron chi connectivity index (χ3n) is 22.1. The standard InChI is InChI=1S/C48H35NO2.C45H31NO2/c1-47(2)37-14-8-5-11-31(37)33-20-17-28(25-39(33)47)49(29-18-21-34-32-12-6-9-15-38(32)48(3,4)40(34)26-29)30-19-22-36-44(27-30)51-43-24-23-42-45(46(36)43)35-13-7-10-16-41(35)50-42;1-45(2)36-17-9-6-15-32(36)33-22-20-29(26-37(33)45)46(38-18-10-7-14-31(38)28-12-4-3-5-13-28)30-21-23-35-42(27-30)48-41-25-24-40-43(44(35)41)34-16-8-11-19-39(34)47-40/h5-27H,1-4H3;3-27H,1-2H3. The molecule has 0 aliphatic heterocycles. The molecule has 4 aromatic heterocycles. The van der Waals surface area contributed by atoms with Gasteiger partial charge < -0.3 is 27.5 Å². The summed E-state index contributed by atoms with van der Waals surface area (Å²) in [6.45, 7) is 14.1. The summed E-state index contributed by atoms with van der Waals surface area (Å²) in [6.07, 6.45) is 0. The molecular formula is C93H66N2O4. The van der Waals surface area contributed by atoms with Crippen LogP contribution in [0.5, 0.6) is 0 Å². The van der Waals surface area contributed by atoms with Crippen molar-refractivity contribution in [1.29, 1.82) is 0 Å². The van der Waals surface area contributed by atoms with Gasteiger partial charge in [-0.25, -0.2) is 0 Å². The van der Waals surface area contributed by atoms with Crippen molar-refractivity contribution in [2.24, 2.45) is 0 Å². The topological polar surface area (TPSA) is 59.0 Å². The summed E-state index contributed by atoms with van der Waals surface area (Å²) in [4.78, 5) is 4.80. The molecule has 0 spiro atoms. The maximum absolute atomic E-state index is 6.67. The smallest absolute Gasteiger partial charge is 0.137 e. The molecule has 21 rings (SSSR count). The van der Waals surface area contributed by atoms with Gasteiger partial charge in [0.15, 0.2) is 0 Å². The second kappa shape index (κ2) is 20.9. The van der Waals surface area contributed by atoms with Crippen LogP contribution in [0.3, 0.4) is 0 Å². The van der Waals surface area contributed by atoms with Crippen molar-refractivity contribution >= 4 is 122 Å². The summed E-state index contributed by atoms with van der Waals surface area (Å²) in [5, 5.41) is 8.76. The van der Waals surface area contributed by atoms with Gasteiger partial charge in [0.2, 0.25) is 0 Å². The molecule has 0 radical (unpaired) electrons. The molecule has 99 heavy (non-hydrogen) atoms. The predicted molar refractivity (Wildman–Crippen MR) is 409 cm³/mol. The summed E-state index contributed by atoms with van der Waals surface area (Å²) in [7, 11) is 0. The van der Waals surface area contributed by atoms with Crippen LogP contribution in [-0.4, -0.2) is 0 Å². The quantitative estimate of drug-likeness (QED) is 0.158. The molecule has 6 heteroatoms. The van der Waals surface area contributed by atoms with Gasteiger partial charge in [-0.3, -0.25) is 0 Å². The third-order valence-corrected chi connectivity index (χ3v) is 22.1. The molecule has 6 nitrogen and oxygen atoms in total. The molecule has 4 heterocycles. The average molecular weight is 1280 g/mol. The van der Waals surface area contributed by atoms with Gasteiger partial charge in [-0.2, -0.15) is 0 Å². The van der Waals surface area contributed by atoms with Gasteiger partial charge in [0.1, 0.15) is 44.7 Å². The Kier molecular flexibility index (Phi) is 12.1. The molecule has 0 fully saturated rings. The SMILES string of the molecule is CC1(C)c2ccccc2-c2ccc(N(c3ccc4c(c3)C(C)(C)c3ccccc3-4)c3ccc4c(c3)oc3ccc5oc6ccccc6c5c34)cc21.CC1(C)c2ccccc2-c2ccc(N(c3ccc4c(c3)oc3ccc5oc6ccccc6c5c34)c3ccccc3-c3ccccc3)cc21. The predicted octanol–water partition coefficient (Wildman–Crippen LogP) is 26.5. The highest BCUT2D eigenvalue weighted by Crippen LogP contribution is 2.56. The molecule has 0 N–H and O–H groups in total. The first-order valence-electron chi connectivity index (χ1n) is 34.4. The number of benzene rings is 14. The van der Waals surface area contributed by atoms with Gasteiger partial charge in [-0.05, 0) is 175 Å². The molecule has 0 bridgehead atoms. The van der Waals surface area contributed by atoms with Crippen molar-refractivity contribution < 1.29 is 17.7 Å². The van der Waals surface area contributed by atoms with E-state index < -0.39 is 0 Å². The Bertz CT molecular complexity index is 6320. The molecule has 0 unspecified atom stereocenters. The monoisotopic (exact) mass is 1270 g/mol. The molecule has 0 amide bonds. The van der Waals surface area contributed by atoms with E-state index in [9.17, 15) is 0 Å². The largest absolute Gasteiger partial charge is 0.456 e. The molecule has 18 aromatic rings. The molecule has 3 aliphatic carbocycles. The first kappa shape index (κ1) is 57.2. The number of hydrogen-bond donors (Lipinski definition) is 0. The Morgan fingerprint density at radius 2 is 0.515 bits per heavy atom. The van der Waals surface area contributed by atoms with Gasteiger partial charge in [0.25, 0.3) is 0 Å². The van der Waals surface area contributed by atoms with E-state index in [1.807, 2.05) is 48.5 Å². The molecule has 0 atom stereocenters. The lowest BCUT2D eigenvalue weighted by Gasteiger charge is -2.29. The summed E-state index contributed by atoms with van der Waals surface area (Å²) >= 11 is 0. The summed E-state index contributed by atoms with van der Waals surface area (Å²) < 4.78 is 25.8. The molecule has 14 aromatic carbocycles. The van der Waals surface area contributed by atoms with Crippen molar-refractivity contribution in [2.75, 3.05) is 9.80 Å². The van der Waals surface area contributed by atoms with E-state index in [1.165, 1.54) is 72.3 Å². The minimum absolute atomic E-state index is 0.114. The lowest BCUT2D eigenvalue weighted by Crippen LogP contribution is -2.18. The van der Waals surface area contributed by atoms with Gasteiger partial charge in [-0.1, -0.05) is 217 Å². The van der Waals surface area contributed by atoms with E-state index in [0.717, 1.165) is 127 Å². The average Bonchev–Trinajstić information content (AvgIpc) is 1.62. The number of hydrogen-bond acceptors (Lipinski definition) is 6. The number of anilines is 6. The van der Waals surface area contributed by atoms with Gasteiger partial charge in [0, 0.05) is 105 Å². The highest BCUT2D eigenvalue weighted by molar-refractivity contribution is 6.27. The van der Waals surface area contributed by atoms with Crippen LogP contribution in [0.4, 0.5) is 34.1 Å². The lowest BCUT2D eigenvalue weighted by atomic mass is 9.82. The summed E-state index contributed by atoms with van der Waals surface area (Å²) in [6, 6.07) is 105. The van der Waals surface area contributed by atoms with E-state index >= 15 is 0 Å². The van der Waals surface area contributed by atoms with Crippen LogP contribution in [0.15, 0.2) is 309 Å². The fourth-order valence-corrected chi connectivity index (χ4v) is 17.3. The van der Waals surface area contributed by atoms with E-state index in [0.29, 0.717) is 0 Å². The van der Waals surface area contributed by atoms with Crippen molar-refractivity contribution in [1.82, 2.24) is 0 Å². The third kappa shape index (κ3) is 8.36. The first-order chi connectivity index (χ1) is 48.3. The molecular weight excluding hydrogens is 1210 g/mol. The Hall–Kier alpha value is -12.1. The highest BCUT2D eigenvalue weighted by Gasteiger charge is 2.39. The van der Waals surface area contributed by atoms with E-state index in [2.05, 4.69) is 294 Å². The van der Waals surface area contributed by atoms with Gasteiger partial charge in [-0.15, -0.1) is 0 Å². The zero-order valence-electron chi connectivity index (χ0n) is 55.7. The van der Waals surface area contributed by atoms with Crippen LogP contribution < -0.4 is 9.80 Å². The van der Waals surface area contributed by atoms with E-state index in [4.69, 9.17) is 17.7 Å². The second-order valence-electron chi connectivity index (χ2n) is 28.6. The molecule has 472 valence electrons. The highest BCUT2D eigenvalue weighted by atomic mass is 16.3. The minimum atomic E-state index is -0.117. The van der Waals surface area contributed by atoms with Crippen LogP contribution >= 0.6 is 0 Å². The van der Waals surface area contributed by atoms with Crippen LogP contribution in [0.2, 0.25) is 0 Å². The normalized spacial score (nSPS) is 14.2. The number of fused-ring (bicyclic) bond motifs is 23. The van der Waals surface area contributed by atoms with Crippen LogP contribution in [-0.2, 0) is 16.2 Å². The van der Waals surface area contributed by atoms with Crippen molar-refractivity contribution in [3.8, 4) is 44.5 Å². The van der Waals surface area contributed by atoms with Crippen molar-refractivity contribution in [3.05, 3.63) is 325 Å². The summed E-state index contributed by atoms with van der Waals surface area (Å²) in [5.41, 5.74) is 31.5. The van der Waals surface area contributed by atoms with E-state index in [-0.39, 0.29) is 16.2 Å². The molecule has 3 aliphatic rings. The maximum atomic E-state index is 6.67. The van der Waals surface area contributed by atoms with Gasteiger partial charge in [0.05, 0.1) is 5.69 Å². The Labute approximate surface area is 572 Å². The summed E-state index contributed by atoms with van der Waals surface area (Å²) in [5.74, 6) is 0. The Balaban J connectivity index is 0.000000134. The van der Waals surface area contributed by atoms with E-state index in [1.54, 1.807) is 0 Å². The number of para-hydroxylation sites is 3. The van der Waals surface area contributed by atoms with Crippen LogP contribution in [0.1, 0.15) is 74.9 Å². The van der Waals surface area contributed by atoms with Gasteiger partial charge >= 0.3 is 0 Å². The zero-order valence-corrected chi connectivity index (χ0v) is 55.7. The fraction of sp³-hybridized carbons (Fsp3) is 0.0968. The van der Waals surface area contributed by atoms with Crippen molar-refractivity contribution in [2.45, 2.75) is 57.8 Å². The number of rotatable bonds is 7. The fourth-order valence-electron chi connectivity index (χ4n) is 17.3. The number of nitrogens with zero attached hydrogens (tertiary/aromatic N) is 2. The number of furan rings is 4. The second-order valence-corrected chi connectivity index (χ2v) is 28.6. The Morgan fingerprint density at radius 3 is 0.949 bits per heavy atom. The lowest BCUT2D eigenvalue weighted by molar-refractivity contribution is 0.660. The van der Waals surface area contributed by atoms with Crippen LogP contribution in [0, 0.1) is 0 Å².